The average molecular weight is 493 g/mol. The predicted octanol–water partition coefficient (Wildman–Crippen LogP) is 3.68. The number of piperidine rings is 1. The van der Waals surface area contributed by atoms with Crippen molar-refractivity contribution in [3.8, 4) is 0 Å². The lowest BCUT2D eigenvalue weighted by molar-refractivity contribution is -0.923. The van der Waals surface area contributed by atoms with Crippen molar-refractivity contribution >= 4 is 25.8 Å². The summed E-state index contributed by atoms with van der Waals surface area (Å²) in [7, 11) is -13.4. The molecule has 1 saturated heterocycles. The molecule has 0 N–H and O–H groups in total. The lowest BCUT2D eigenvalue weighted by Gasteiger charge is -2.41. The summed E-state index contributed by atoms with van der Waals surface area (Å²) in [5.74, 6) is 0.422. The molecule has 1 rings (SSSR count). The van der Waals surface area contributed by atoms with Crippen molar-refractivity contribution in [2.45, 2.75) is 58.0 Å². The fourth-order valence-corrected chi connectivity index (χ4v) is 4.23. The Labute approximate surface area is 172 Å². The first-order chi connectivity index (χ1) is 13.1. The summed E-state index contributed by atoms with van der Waals surface area (Å²) in [5, 5.41) is 0. The Balaban J connectivity index is 0.000000561. The zero-order chi connectivity index (χ0) is 24.2. The molecule has 1 aliphatic rings. The van der Waals surface area contributed by atoms with Gasteiger partial charge in [0.2, 0.25) is 0 Å². The Hall–Kier alpha value is -0.930. The second kappa shape index (κ2) is 9.69. The summed E-state index contributed by atoms with van der Waals surface area (Å²) in [5.41, 5.74) is -12.6. The summed E-state index contributed by atoms with van der Waals surface area (Å²) in [4.78, 5) is 12.1. The Bertz CT molecular complexity index is 751. The zero-order valence-electron chi connectivity index (χ0n) is 17.0. The third-order valence-corrected chi connectivity index (χ3v) is 7.27. The molecular weight excluding hydrogens is 466 g/mol. The zero-order valence-corrected chi connectivity index (χ0v) is 18.6. The minimum absolute atomic E-state index is 0.169. The van der Waals surface area contributed by atoms with Crippen LogP contribution in [0.4, 0.5) is 26.3 Å². The lowest BCUT2D eigenvalue weighted by atomic mass is 9.89. The first-order valence-corrected chi connectivity index (χ1v) is 11.7. The number of carbonyl (C=O) groups is 1. The molecule has 0 saturated carbocycles. The predicted molar refractivity (Wildman–Crippen MR) is 97.0 cm³/mol. The van der Waals surface area contributed by atoms with E-state index in [1.807, 2.05) is 20.8 Å². The molecular formula is C15H26F6N2O5S2. The van der Waals surface area contributed by atoms with Gasteiger partial charge in [-0.3, -0.25) is 4.79 Å². The first-order valence-electron chi connectivity index (χ1n) is 8.85. The molecule has 30 heavy (non-hydrogen) atoms. The van der Waals surface area contributed by atoms with Gasteiger partial charge in [-0.2, -0.15) is 26.3 Å². The summed E-state index contributed by atoms with van der Waals surface area (Å²) < 4.78 is 110. The van der Waals surface area contributed by atoms with Gasteiger partial charge in [-0.25, -0.2) is 16.8 Å². The van der Waals surface area contributed by atoms with Gasteiger partial charge in [-0.15, -0.1) is 0 Å². The second-order valence-electron chi connectivity index (χ2n) is 7.91. The topological polar surface area (TPSA) is 99.4 Å². The number of alkyl halides is 6. The molecule has 0 bridgehead atoms. The van der Waals surface area contributed by atoms with E-state index in [9.17, 15) is 48.0 Å². The number of nitrogens with zero attached hydrogens (tertiary/aromatic N) is 2. The van der Waals surface area contributed by atoms with Crippen molar-refractivity contribution < 1.29 is 52.5 Å². The van der Waals surface area contributed by atoms with Crippen molar-refractivity contribution in [1.29, 1.82) is 0 Å². The minimum Gasteiger partial charge on any atom is -0.421 e. The van der Waals surface area contributed by atoms with Crippen LogP contribution in [0.5, 0.6) is 0 Å². The maximum Gasteiger partial charge on any atom is 0.480 e. The highest BCUT2D eigenvalue weighted by atomic mass is 32.3. The number of sulfonamides is 2. The van der Waals surface area contributed by atoms with Gasteiger partial charge in [-0.05, 0) is 26.2 Å². The molecule has 0 aromatic rings. The normalized spacial score (nSPS) is 18.3. The molecule has 0 radical (unpaired) electrons. The highest BCUT2D eigenvalue weighted by Crippen LogP contribution is 2.36. The molecule has 0 unspecified atom stereocenters. The van der Waals surface area contributed by atoms with E-state index in [0.29, 0.717) is 5.78 Å². The van der Waals surface area contributed by atoms with E-state index >= 15 is 0 Å². The van der Waals surface area contributed by atoms with Crippen LogP contribution < -0.4 is 0 Å². The van der Waals surface area contributed by atoms with Gasteiger partial charge >= 0.3 is 11.0 Å². The fraction of sp³-hybridized carbons (Fsp3) is 0.933. The van der Waals surface area contributed by atoms with E-state index in [1.54, 1.807) is 0 Å². The molecule has 180 valence electrons. The van der Waals surface area contributed by atoms with Gasteiger partial charge in [0.15, 0.2) is 25.8 Å². The van der Waals surface area contributed by atoms with E-state index in [1.165, 1.54) is 32.4 Å². The van der Waals surface area contributed by atoms with E-state index < -0.39 is 31.1 Å². The van der Waals surface area contributed by atoms with Crippen LogP contribution in [0.3, 0.4) is 0 Å². The van der Waals surface area contributed by atoms with E-state index in [2.05, 4.69) is 6.92 Å². The number of likely N-dealkylation sites (N-methyl/N-ethyl adjacent to an activating group) is 1. The van der Waals surface area contributed by atoms with Gasteiger partial charge in [-0.1, -0.05) is 20.8 Å². The Kier molecular flexibility index (Phi) is 9.39. The SMILES string of the molecule is CC[N+]1(CC(=O)C(C)(C)C)CCCCC1.O=S(=O)([N-]S(=O)(=O)C(F)(F)F)C(F)(F)F. The van der Waals surface area contributed by atoms with E-state index in [-0.39, 0.29) is 5.41 Å². The van der Waals surface area contributed by atoms with Gasteiger partial charge < -0.3 is 8.61 Å². The summed E-state index contributed by atoms with van der Waals surface area (Å²) in [6.45, 7) is 12.6. The third-order valence-electron chi connectivity index (χ3n) is 4.53. The molecule has 1 heterocycles. The molecule has 1 aliphatic heterocycles. The van der Waals surface area contributed by atoms with Crippen molar-refractivity contribution in [2.75, 3.05) is 26.2 Å². The standard InChI is InChI=1S/C13H26NO.C2F6NO4S2/c1-5-14(9-7-6-8-10-14)11-12(15)13(2,3)4;3-1(4,5)14(10,11)9-15(12,13)2(6,7)8/h5-11H2,1-4H3;/q+1;-1. The van der Waals surface area contributed by atoms with Crippen LogP contribution >= 0.6 is 0 Å². The Morgan fingerprint density at radius 3 is 1.47 bits per heavy atom. The quantitative estimate of drug-likeness (QED) is 0.431. The molecule has 0 spiro atoms. The number of hydrogen-bond donors (Lipinski definition) is 0. The summed E-state index contributed by atoms with van der Waals surface area (Å²) >= 11 is 0. The van der Waals surface area contributed by atoms with Crippen LogP contribution in [0, 0.1) is 5.41 Å². The van der Waals surface area contributed by atoms with Crippen LogP contribution in [0.2, 0.25) is 0 Å². The maximum atomic E-state index is 12.1. The lowest BCUT2D eigenvalue weighted by Crippen LogP contribution is -2.55. The summed E-state index contributed by atoms with van der Waals surface area (Å²) in [6.07, 6.45) is 3.94. The maximum absolute atomic E-state index is 12.1. The number of halogens is 6. The van der Waals surface area contributed by atoms with Gasteiger partial charge in [0, 0.05) is 5.41 Å². The van der Waals surface area contributed by atoms with Crippen molar-refractivity contribution in [2.24, 2.45) is 5.41 Å². The van der Waals surface area contributed by atoms with Gasteiger partial charge in [0.25, 0.3) is 0 Å². The highest BCUT2D eigenvalue weighted by molar-refractivity contribution is 8.13. The van der Waals surface area contributed by atoms with Crippen molar-refractivity contribution in [3.05, 3.63) is 4.13 Å². The number of Topliss-reactive ketones (excluding diaryl/α,β-unsaturated/α-hetero) is 1. The molecule has 0 amide bonds. The third kappa shape index (κ3) is 8.30. The van der Waals surface area contributed by atoms with E-state index in [4.69, 9.17) is 0 Å². The highest BCUT2D eigenvalue weighted by Gasteiger charge is 2.47. The number of rotatable bonds is 5. The number of carbonyl (C=O) groups excluding carboxylic acids is 1. The van der Waals surface area contributed by atoms with Gasteiger partial charge in [0.05, 0.1) is 19.6 Å². The summed E-state index contributed by atoms with van der Waals surface area (Å²) in [6, 6.07) is 0. The Morgan fingerprint density at radius 1 is 0.833 bits per heavy atom. The average Bonchev–Trinajstić information content (AvgIpc) is 2.52. The van der Waals surface area contributed by atoms with Crippen LogP contribution in [-0.4, -0.2) is 64.3 Å². The molecule has 0 aliphatic carbocycles. The molecule has 15 heteroatoms. The molecule has 0 aromatic carbocycles. The van der Waals surface area contributed by atoms with Crippen LogP contribution in [0.1, 0.15) is 47.0 Å². The van der Waals surface area contributed by atoms with Crippen LogP contribution in [0.25, 0.3) is 4.13 Å². The van der Waals surface area contributed by atoms with E-state index in [0.717, 1.165) is 21.7 Å². The minimum atomic E-state index is -6.72. The van der Waals surface area contributed by atoms with Crippen LogP contribution in [0.15, 0.2) is 0 Å². The smallest absolute Gasteiger partial charge is 0.421 e. The monoisotopic (exact) mass is 492 g/mol. The largest absolute Gasteiger partial charge is 0.480 e. The Morgan fingerprint density at radius 2 is 1.20 bits per heavy atom. The number of hydrogen-bond acceptors (Lipinski definition) is 5. The van der Waals surface area contributed by atoms with Crippen molar-refractivity contribution in [3.63, 3.8) is 0 Å². The molecule has 0 atom stereocenters. The number of likely N-dealkylation sites (tertiary alicyclic amines) is 1. The van der Waals surface area contributed by atoms with Crippen LogP contribution in [-0.2, 0) is 24.8 Å². The molecule has 7 nitrogen and oxygen atoms in total. The van der Waals surface area contributed by atoms with Crippen molar-refractivity contribution in [1.82, 2.24) is 0 Å². The second-order valence-corrected chi connectivity index (χ2v) is 11.3. The fourth-order valence-electron chi connectivity index (χ4n) is 2.52. The molecule has 1 fully saturated rings. The number of quaternary nitrogens is 1. The first kappa shape index (κ1) is 29.1. The number of ketones is 1. The molecule has 0 aromatic heterocycles. The van der Waals surface area contributed by atoms with Gasteiger partial charge in [0.1, 0.15) is 6.54 Å².